The maximum Gasteiger partial charge on any atom is 0.356 e. The van der Waals surface area contributed by atoms with Gasteiger partial charge in [0.15, 0.2) is 5.69 Å². The summed E-state index contributed by atoms with van der Waals surface area (Å²) in [6.45, 7) is 5.11. The number of aryl methyl sites for hydroxylation is 1. The Morgan fingerprint density at radius 3 is 2.44 bits per heavy atom. The first-order valence-corrected chi connectivity index (χ1v) is 13.5. The van der Waals surface area contributed by atoms with Gasteiger partial charge in [0.1, 0.15) is 5.15 Å². The van der Waals surface area contributed by atoms with E-state index in [2.05, 4.69) is 10.3 Å². The number of carbonyl (C=O) groups is 1. The Hall–Kier alpha value is -3.22. The monoisotopic (exact) mass is 534 g/mol. The second-order valence-corrected chi connectivity index (χ2v) is 11.2. The van der Waals surface area contributed by atoms with Gasteiger partial charge >= 0.3 is 5.97 Å². The molecule has 3 aromatic rings. The SMILES string of the molecule is Cc1cc(C(C)Nc2ccc(Cl)nc2C(=O)O)c2nc(N3CCN(S(C)(=O)=O)CC3)n(C)c(=O)c2c1. The van der Waals surface area contributed by atoms with Crippen LogP contribution in [-0.2, 0) is 17.1 Å². The number of hydrogen-bond donors (Lipinski definition) is 2. The molecule has 1 fully saturated rings. The van der Waals surface area contributed by atoms with Crippen LogP contribution < -0.4 is 15.8 Å². The van der Waals surface area contributed by atoms with Gasteiger partial charge in [-0.15, -0.1) is 0 Å². The van der Waals surface area contributed by atoms with Gasteiger partial charge in [0.2, 0.25) is 16.0 Å². The normalized spacial score (nSPS) is 15.8. The average molecular weight is 535 g/mol. The first-order chi connectivity index (χ1) is 16.9. The Bertz CT molecular complexity index is 1520. The van der Waals surface area contributed by atoms with Crippen molar-refractivity contribution in [2.24, 2.45) is 7.05 Å². The first kappa shape index (κ1) is 25.9. The Morgan fingerprint density at radius 2 is 1.83 bits per heavy atom. The number of aromatic carboxylic acids is 1. The molecule has 1 aromatic carbocycles. The summed E-state index contributed by atoms with van der Waals surface area (Å²) in [7, 11) is -1.65. The van der Waals surface area contributed by atoms with Crippen LogP contribution in [0.4, 0.5) is 11.6 Å². The van der Waals surface area contributed by atoms with Gasteiger partial charge in [-0.05, 0) is 37.6 Å². The summed E-state index contributed by atoms with van der Waals surface area (Å²) in [5.41, 5.74) is 1.91. The lowest BCUT2D eigenvalue weighted by atomic mass is 10.0. The van der Waals surface area contributed by atoms with Crippen LogP contribution in [0.2, 0.25) is 5.15 Å². The van der Waals surface area contributed by atoms with Crippen LogP contribution in [0.1, 0.15) is 34.6 Å². The molecule has 11 nitrogen and oxygen atoms in total. The first-order valence-electron chi connectivity index (χ1n) is 11.2. The van der Waals surface area contributed by atoms with Crippen molar-refractivity contribution >= 4 is 50.1 Å². The number of rotatable bonds is 6. The van der Waals surface area contributed by atoms with Crippen molar-refractivity contribution in [3.05, 3.63) is 56.6 Å². The van der Waals surface area contributed by atoms with E-state index >= 15 is 0 Å². The summed E-state index contributed by atoms with van der Waals surface area (Å²) in [5.74, 6) is -0.777. The fourth-order valence-electron chi connectivity index (χ4n) is 4.40. The van der Waals surface area contributed by atoms with E-state index in [0.29, 0.717) is 48.6 Å². The fourth-order valence-corrected chi connectivity index (χ4v) is 5.37. The standard InChI is InChI=1S/C23H27ClN6O5S/c1-13-11-15(14(2)25-17-5-6-18(24)26-20(17)22(32)33)19-16(12-13)21(31)28(3)23(27-19)29-7-9-30(10-8-29)36(4,34)35/h5-6,11-12,14,25H,7-10H2,1-4H3,(H,32,33). The van der Waals surface area contributed by atoms with Crippen LogP contribution in [0.15, 0.2) is 29.1 Å². The highest BCUT2D eigenvalue weighted by Crippen LogP contribution is 2.29. The van der Waals surface area contributed by atoms with Gasteiger partial charge in [-0.2, -0.15) is 4.31 Å². The molecule has 0 spiro atoms. The number of aromatic nitrogens is 3. The van der Waals surface area contributed by atoms with Crippen molar-refractivity contribution < 1.29 is 18.3 Å². The van der Waals surface area contributed by atoms with Gasteiger partial charge < -0.3 is 15.3 Å². The van der Waals surface area contributed by atoms with Crippen molar-refractivity contribution in [3.63, 3.8) is 0 Å². The number of benzene rings is 1. The largest absolute Gasteiger partial charge is 0.476 e. The highest BCUT2D eigenvalue weighted by atomic mass is 35.5. The van der Waals surface area contributed by atoms with Crippen molar-refractivity contribution in [3.8, 4) is 0 Å². The predicted molar refractivity (Wildman–Crippen MR) is 139 cm³/mol. The van der Waals surface area contributed by atoms with E-state index in [1.54, 1.807) is 19.2 Å². The zero-order valence-electron chi connectivity index (χ0n) is 20.3. The topological polar surface area (TPSA) is 138 Å². The zero-order chi connectivity index (χ0) is 26.4. The number of carboxylic acid groups (broad SMARTS) is 1. The van der Waals surface area contributed by atoms with Gasteiger partial charge in [-0.25, -0.2) is 23.2 Å². The quantitative estimate of drug-likeness (QED) is 0.456. The number of piperazine rings is 1. The molecule has 36 heavy (non-hydrogen) atoms. The molecular formula is C23H27ClN6O5S. The van der Waals surface area contributed by atoms with Crippen molar-refractivity contribution in [2.75, 3.05) is 42.7 Å². The smallest absolute Gasteiger partial charge is 0.356 e. The summed E-state index contributed by atoms with van der Waals surface area (Å²) in [6, 6.07) is 6.30. The molecule has 1 saturated heterocycles. The van der Waals surface area contributed by atoms with Crippen LogP contribution >= 0.6 is 11.6 Å². The molecule has 0 aliphatic carbocycles. The number of hydrogen-bond acceptors (Lipinski definition) is 8. The molecule has 0 radical (unpaired) electrons. The van der Waals surface area contributed by atoms with E-state index in [9.17, 15) is 23.1 Å². The molecular weight excluding hydrogens is 508 g/mol. The summed E-state index contributed by atoms with van der Waals surface area (Å²) in [5, 5.41) is 13.2. The molecule has 4 rings (SSSR count). The maximum atomic E-state index is 13.3. The third-order valence-electron chi connectivity index (χ3n) is 6.22. The molecule has 0 saturated carbocycles. The van der Waals surface area contributed by atoms with Gasteiger partial charge in [0.25, 0.3) is 5.56 Å². The number of fused-ring (bicyclic) bond motifs is 1. The number of pyridine rings is 1. The Morgan fingerprint density at radius 1 is 1.17 bits per heavy atom. The lowest BCUT2D eigenvalue weighted by Gasteiger charge is -2.34. The lowest BCUT2D eigenvalue weighted by molar-refractivity contribution is 0.0691. The Kier molecular flexibility index (Phi) is 6.95. The number of carboxylic acids is 1. The van der Waals surface area contributed by atoms with Gasteiger partial charge in [0.05, 0.1) is 28.9 Å². The average Bonchev–Trinajstić information content (AvgIpc) is 2.81. The molecule has 0 bridgehead atoms. The number of nitrogens with one attached hydrogen (secondary N) is 1. The molecule has 3 heterocycles. The third-order valence-corrected chi connectivity index (χ3v) is 7.74. The molecule has 1 aliphatic heterocycles. The number of nitrogens with zero attached hydrogens (tertiary/aromatic N) is 5. The van der Waals surface area contributed by atoms with Crippen LogP contribution in [0, 0.1) is 6.92 Å². The van der Waals surface area contributed by atoms with Crippen molar-refractivity contribution in [2.45, 2.75) is 19.9 Å². The van der Waals surface area contributed by atoms with Crippen LogP contribution in [-0.4, -0.2) is 70.8 Å². The van der Waals surface area contributed by atoms with Crippen molar-refractivity contribution in [1.29, 1.82) is 0 Å². The summed E-state index contributed by atoms with van der Waals surface area (Å²) in [6.07, 6.45) is 1.18. The van der Waals surface area contributed by atoms with Crippen LogP contribution in [0.5, 0.6) is 0 Å². The molecule has 0 amide bonds. The van der Waals surface area contributed by atoms with E-state index in [1.807, 2.05) is 24.8 Å². The van der Waals surface area contributed by atoms with Gasteiger partial charge in [0, 0.05) is 38.8 Å². The fraction of sp³-hybridized carbons (Fsp3) is 0.391. The van der Waals surface area contributed by atoms with Gasteiger partial charge in [-0.1, -0.05) is 17.7 Å². The zero-order valence-corrected chi connectivity index (χ0v) is 21.9. The number of sulfonamides is 1. The second kappa shape index (κ2) is 9.68. The summed E-state index contributed by atoms with van der Waals surface area (Å²) < 4.78 is 26.7. The Labute approximate surface area is 213 Å². The summed E-state index contributed by atoms with van der Waals surface area (Å²) >= 11 is 5.88. The van der Waals surface area contributed by atoms with E-state index in [0.717, 1.165) is 5.56 Å². The van der Waals surface area contributed by atoms with E-state index in [-0.39, 0.29) is 22.1 Å². The van der Waals surface area contributed by atoms with E-state index < -0.39 is 22.0 Å². The lowest BCUT2D eigenvalue weighted by Crippen LogP contribution is -2.49. The molecule has 192 valence electrons. The van der Waals surface area contributed by atoms with Gasteiger partial charge in [-0.3, -0.25) is 9.36 Å². The second-order valence-electron chi connectivity index (χ2n) is 8.88. The predicted octanol–water partition coefficient (Wildman–Crippen LogP) is 2.24. The molecule has 2 N–H and O–H groups in total. The minimum atomic E-state index is -3.30. The number of halogens is 1. The molecule has 1 unspecified atom stereocenters. The summed E-state index contributed by atoms with van der Waals surface area (Å²) in [4.78, 5) is 35.7. The third kappa shape index (κ3) is 5.01. The highest BCUT2D eigenvalue weighted by molar-refractivity contribution is 7.88. The maximum absolute atomic E-state index is 13.3. The minimum Gasteiger partial charge on any atom is -0.476 e. The number of anilines is 2. The van der Waals surface area contributed by atoms with E-state index in [1.165, 1.54) is 21.2 Å². The minimum absolute atomic E-state index is 0.0670. The molecule has 1 aliphatic rings. The van der Waals surface area contributed by atoms with E-state index in [4.69, 9.17) is 16.6 Å². The molecule has 2 aromatic heterocycles. The highest BCUT2D eigenvalue weighted by Gasteiger charge is 2.27. The van der Waals surface area contributed by atoms with Crippen molar-refractivity contribution in [1.82, 2.24) is 18.8 Å². The molecule has 13 heteroatoms. The van der Waals surface area contributed by atoms with Crippen LogP contribution in [0.3, 0.4) is 0 Å². The molecule has 1 atom stereocenters. The van der Waals surface area contributed by atoms with Crippen LogP contribution in [0.25, 0.3) is 10.9 Å². The Balaban J connectivity index is 1.76.